The Morgan fingerprint density at radius 3 is 3.11 bits per heavy atom. The number of ether oxygens (including phenoxy) is 1. The van der Waals surface area contributed by atoms with Gasteiger partial charge in [0, 0.05) is 25.9 Å². The summed E-state index contributed by atoms with van der Waals surface area (Å²) in [6.45, 7) is 2.77. The third-order valence-electron chi connectivity index (χ3n) is 3.39. The number of nitrogens with zero attached hydrogens (tertiary/aromatic N) is 1. The Kier molecular flexibility index (Phi) is 5.36. The van der Waals surface area contributed by atoms with Crippen molar-refractivity contribution in [2.24, 2.45) is 0 Å². The summed E-state index contributed by atoms with van der Waals surface area (Å²) in [6, 6.07) is 8.18. The van der Waals surface area contributed by atoms with Crippen LogP contribution in [0, 0.1) is 0 Å². The van der Waals surface area contributed by atoms with Crippen molar-refractivity contribution in [1.82, 2.24) is 5.32 Å². The topological polar surface area (TPSA) is 41.6 Å². The van der Waals surface area contributed by atoms with Crippen LogP contribution < -0.4 is 10.2 Å². The van der Waals surface area contributed by atoms with Crippen LogP contribution in [0.5, 0.6) is 0 Å². The zero-order valence-corrected chi connectivity index (χ0v) is 11.5. The number of aryl methyl sites for hydroxylation is 1. The Morgan fingerprint density at radius 2 is 2.26 bits per heavy atom. The highest BCUT2D eigenvalue weighted by Gasteiger charge is 2.21. The number of fused-ring (bicyclic) bond motifs is 1. The lowest BCUT2D eigenvalue weighted by atomic mass is 10.0. The molecule has 1 aliphatic rings. The van der Waals surface area contributed by atoms with Crippen molar-refractivity contribution in [1.29, 1.82) is 0 Å². The minimum atomic E-state index is 0.157. The Bertz CT molecular complexity index is 420. The van der Waals surface area contributed by atoms with Crippen LogP contribution in [0.4, 0.5) is 5.69 Å². The lowest BCUT2D eigenvalue weighted by Gasteiger charge is -2.29. The molecular weight excluding hydrogens is 240 g/mol. The standard InChI is InChI=1S/C15H22N2O2/c1-19-11-5-9-16-12-15(18)17-10-4-7-13-6-2-3-8-14(13)17/h2-3,6,8,16H,4-5,7,9-12H2,1H3. The van der Waals surface area contributed by atoms with Crippen LogP contribution in [0.2, 0.25) is 0 Å². The summed E-state index contributed by atoms with van der Waals surface area (Å²) in [6.07, 6.45) is 3.05. The minimum absolute atomic E-state index is 0.157. The number of amides is 1. The first kappa shape index (κ1) is 14.0. The van der Waals surface area contributed by atoms with E-state index in [2.05, 4.69) is 11.4 Å². The molecule has 4 nitrogen and oxygen atoms in total. The van der Waals surface area contributed by atoms with E-state index in [1.165, 1.54) is 5.56 Å². The van der Waals surface area contributed by atoms with E-state index >= 15 is 0 Å². The van der Waals surface area contributed by atoms with E-state index in [1.54, 1.807) is 7.11 Å². The van der Waals surface area contributed by atoms with Gasteiger partial charge in [-0.3, -0.25) is 4.79 Å². The summed E-state index contributed by atoms with van der Waals surface area (Å²) >= 11 is 0. The molecule has 0 bridgehead atoms. The number of benzene rings is 1. The zero-order chi connectivity index (χ0) is 13.5. The van der Waals surface area contributed by atoms with Gasteiger partial charge in [0.15, 0.2) is 0 Å². The number of rotatable bonds is 6. The van der Waals surface area contributed by atoms with Gasteiger partial charge in [-0.25, -0.2) is 0 Å². The highest BCUT2D eigenvalue weighted by Crippen LogP contribution is 2.26. The first-order valence-corrected chi connectivity index (χ1v) is 6.91. The quantitative estimate of drug-likeness (QED) is 0.792. The smallest absolute Gasteiger partial charge is 0.240 e. The van der Waals surface area contributed by atoms with Crippen molar-refractivity contribution >= 4 is 11.6 Å². The maximum absolute atomic E-state index is 12.2. The van der Waals surface area contributed by atoms with Crippen LogP contribution in [0.15, 0.2) is 24.3 Å². The predicted molar refractivity (Wildman–Crippen MR) is 76.5 cm³/mol. The monoisotopic (exact) mass is 262 g/mol. The molecule has 0 spiro atoms. The van der Waals surface area contributed by atoms with Crippen LogP contribution in [-0.2, 0) is 16.0 Å². The first-order valence-electron chi connectivity index (χ1n) is 6.91. The number of hydrogen-bond donors (Lipinski definition) is 1. The van der Waals surface area contributed by atoms with Gasteiger partial charge in [-0.15, -0.1) is 0 Å². The number of carbonyl (C=O) groups excluding carboxylic acids is 1. The molecular formula is C15H22N2O2. The largest absolute Gasteiger partial charge is 0.385 e. The van der Waals surface area contributed by atoms with E-state index < -0.39 is 0 Å². The molecule has 0 aromatic heterocycles. The molecule has 0 fully saturated rings. The fourth-order valence-electron chi connectivity index (χ4n) is 2.42. The molecule has 1 heterocycles. The molecule has 1 aromatic rings. The molecule has 0 saturated heterocycles. The van der Waals surface area contributed by atoms with Gasteiger partial charge in [-0.1, -0.05) is 18.2 Å². The van der Waals surface area contributed by atoms with Crippen LogP contribution in [0.3, 0.4) is 0 Å². The molecule has 19 heavy (non-hydrogen) atoms. The van der Waals surface area contributed by atoms with E-state index in [1.807, 2.05) is 23.1 Å². The van der Waals surface area contributed by atoms with Gasteiger partial charge in [0.1, 0.15) is 0 Å². The van der Waals surface area contributed by atoms with Crippen LogP contribution in [0.1, 0.15) is 18.4 Å². The summed E-state index contributed by atoms with van der Waals surface area (Å²) in [5, 5.41) is 3.18. The normalized spacial score (nSPS) is 14.3. The second-order valence-corrected chi connectivity index (χ2v) is 4.80. The van der Waals surface area contributed by atoms with Crippen molar-refractivity contribution in [3.63, 3.8) is 0 Å². The molecule has 2 rings (SSSR count). The van der Waals surface area contributed by atoms with Gasteiger partial charge in [0.05, 0.1) is 6.54 Å². The van der Waals surface area contributed by atoms with E-state index in [-0.39, 0.29) is 5.91 Å². The number of hydrogen-bond acceptors (Lipinski definition) is 3. The Morgan fingerprint density at radius 1 is 1.42 bits per heavy atom. The van der Waals surface area contributed by atoms with Gasteiger partial charge < -0.3 is 15.0 Å². The van der Waals surface area contributed by atoms with E-state index in [0.29, 0.717) is 6.54 Å². The van der Waals surface area contributed by atoms with Gasteiger partial charge in [0.25, 0.3) is 0 Å². The summed E-state index contributed by atoms with van der Waals surface area (Å²) in [4.78, 5) is 14.1. The molecule has 1 amide bonds. The third kappa shape index (κ3) is 3.78. The molecule has 0 saturated carbocycles. The van der Waals surface area contributed by atoms with Gasteiger partial charge in [0.2, 0.25) is 5.91 Å². The van der Waals surface area contributed by atoms with Crippen molar-refractivity contribution in [2.45, 2.75) is 19.3 Å². The minimum Gasteiger partial charge on any atom is -0.385 e. The van der Waals surface area contributed by atoms with Crippen molar-refractivity contribution < 1.29 is 9.53 Å². The predicted octanol–water partition coefficient (Wildman–Crippen LogP) is 1.59. The van der Waals surface area contributed by atoms with Crippen molar-refractivity contribution in [2.75, 3.05) is 38.3 Å². The maximum Gasteiger partial charge on any atom is 0.240 e. The molecule has 0 atom stereocenters. The van der Waals surface area contributed by atoms with Gasteiger partial charge in [-0.05, 0) is 37.4 Å². The summed E-state index contributed by atoms with van der Waals surface area (Å²) < 4.78 is 4.98. The molecule has 104 valence electrons. The molecule has 0 unspecified atom stereocenters. The molecule has 1 aliphatic heterocycles. The number of anilines is 1. The number of para-hydroxylation sites is 1. The number of nitrogens with one attached hydrogen (secondary N) is 1. The highest BCUT2D eigenvalue weighted by molar-refractivity contribution is 5.95. The van der Waals surface area contributed by atoms with E-state index in [9.17, 15) is 4.79 Å². The second-order valence-electron chi connectivity index (χ2n) is 4.80. The highest BCUT2D eigenvalue weighted by atomic mass is 16.5. The summed E-state index contributed by atoms with van der Waals surface area (Å²) in [5.41, 5.74) is 2.36. The van der Waals surface area contributed by atoms with Crippen molar-refractivity contribution in [3.8, 4) is 0 Å². The first-order chi connectivity index (χ1) is 9.33. The summed E-state index contributed by atoms with van der Waals surface area (Å²) in [5.74, 6) is 0.157. The van der Waals surface area contributed by atoms with Crippen LogP contribution in [-0.4, -0.2) is 39.3 Å². The Balaban J connectivity index is 1.86. The molecule has 4 heteroatoms. The number of carbonyl (C=O) groups is 1. The SMILES string of the molecule is COCCCNCC(=O)N1CCCc2ccccc21. The average molecular weight is 262 g/mol. The fraction of sp³-hybridized carbons (Fsp3) is 0.533. The van der Waals surface area contributed by atoms with E-state index in [0.717, 1.165) is 44.6 Å². The third-order valence-corrected chi connectivity index (χ3v) is 3.39. The van der Waals surface area contributed by atoms with Crippen LogP contribution in [0.25, 0.3) is 0 Å². The molecule has 1 N–H and O–H groups in total. The maximum atomic E-state index is 12.2. The second kappa shape index (κ2) is 7.26. The Labute approximate surface area is 114 Å². The Hall–Kier alpha value is -1.39. The molecule has 1 aromatic carbocycles. The average Bonchev–Trinajstić information content (AvgIpc) is 2.46. The van der Waals surface area contributed by atoms with E-state index in [4.69, 9.17) is 4.74 Å². The zero-order valence-electron chi connectivity index (χ0n) is 11.5. The lowest BCUT2D eigenvalue weighted by Crippen LogP contribution is -2.41. The van der Waals surface area contributed by atoms with Crippen LogP contribution >= 0.6 is 0 Å². The number of methoxy groups -OCH3 is 1. The van der Waals surface area contributed by atoms with Gasteiger partial charge in [-0.2, -0.15) is 0 Å². The molecule has 0 aliphatic carbocycles. The molecule has 0 radical (unpaired) electrons. The van der Waals surface area contributed by atoms with Crippen molar-refractivity contribution in [3.05, 3.63) is 29.8 Å². The van der Waals surface area contributed by atoms with Gasteiger partial charge >= 0.3 is 0 Å². The summed E-state index contributed by atoms with van der Waals surface area (Å²) in [7, 11) is 1.69. The fourth-order valence-corrected chi connectivity index (χ4v) is 2.42. The lowest BCUT2D eigenvalue weighted by molar-refractivity contribution is -0.117.